The first-order valence-corrected chi connectivity index (χ1v) is 8.30. The van der Waals surface area contributed by atoms with Gasteiger partial charge in [-0.2, -0.15) is 0 Å². The van der Waals surface area contributed by atoms with Gasteiger partial charge in [0.15, 0.2) is 5.78 Å². The fourth-order valence-corrected chi connectivity index (χ4v) is 2.51. The molecule has 0 fully saturated rings. The van der Waals surface area contributed by atoms with E-state index in [1.165, 1.54) is 6.92 Å². The Labute approximate surface area is 156 Å². The van der Waals surface area contributed by atoms with Crippen molar-refractivity contribution in [1.82, 2.24) is 4.98 Å². The topological polar surface area (TPSA) is 71.1 Å². The number of amides is 1. The second-order valence-corrected chi connectivity index (χ2v) is 6.09. The molecule has 1 heterocycles. The van der Waals surface area contributed by atoms with E-state index in [-0.39, 0.29) is 11.7 Å². The van der Waals surface area contributed by atoms with Crippen molar-refractivity contribution in [3.63, 3.8) is 0 Å². The molecule has 1 amide bonds. The smallest absolute Gasteiger partial charge is 0.274 e. The second-order valence-electron chi connectivity index (χ2n) is 5.66. The van der Waals surface area contributed by atoms with Crippen LogP contribution in [-0.4, -0.2) is 16.7 Å². The zero-order chi connectivity index (χ0) is 18.5. The van der Waals surface area contributed by atoms with Crippen molar-refractivity contribution in [3.8, 4) is 0 Å². The minimum absolute atomic E-state index is 0.0216. The van der Waals surface area contributed by atoms with E-state index in [4.69, 9.17) is 11.6 Å². The van der Waals surface area contributed by atoms with Crippen molar-refractivity contribution in [2.24, 2.45) is 0 Å². The lowest BCUT2D eigenvalue weighted by Crippen LogP contribution is -2.13. The summed E-state index contributed by atoms with van der Waals surface area (Å²) in [6.45, 7) is 1.53. The van der Waals surface area contributed by atoms with E-state index in [0.29, 0.717) is 22.0 Å². The predicted molar refractivity (Wildman–Crippen MR) is 103 cm³/mol. The van der Waals surface area contributed by atoms with Gasteiger partial charge in [-0.15, -0.1) is 0 Å². The van der Waals surface area contributed by atoms with Crippen molar-refractivity contribution in [3.05, 3.63) is 83.1 Å². The van der Waals surface area contributed by atoms with Gasteiger partial charge >= 0.3 is 0 Å². The normalized spacial score (nSPS) is 10.2. The van der Waals surface area contributed by atoms with Gasteiger partial charge < -0.3 is 10.6 Å². The SMILES string of the molecule is CC(=O)c1ccc(Nc2ccc(C(=O)Nc3cccc(Cl)c3)nc2)cc1. The maximum Gasteiger partial charge on any atom is 0.274 e. The number of nitrogens with zero attached hydrogens (tertiary/aromatic N) is 1. The van der Waals surface area contributed by atoms with Crippen LogP contribution in [0.5, 0.6) is 0 Å². The fraction of sp³-hybridized carbons (Fsp3) is 0.0500. The highest BCUT2D eigenvalue weighted by atomic mass is 35.5. The third kappa shape index (κ3) is 4.46. The minimum atomic E-state index is -0.315. The molecule has 3 rings (SSSR count). The van der Waals surface area contributed by atoms with Gasteiger partial charge in [-0.25, -0.2) is 4.98 Å². The molecule has 0 aliphatic carbocycles. The number of nitrogens with one attached hydrogen (secondary N) is 2. The number of ketones is 1. The molecule has 1 aromatic heterocycles. The standard InChI is InChI=1S/C20H16ClN3O2/c1-13(25)14-5-7-16(8-6-14)23-18-9-10-19(22-12-18)20(26)24-17-4-2-3-15(21)11-17/h2-12,23H,1H3,(H,24,26). The molecule has 130 valence electrons. The number of rotatable bonds is 5. The van der Waals surface area contributed by atoms with Crippen molar-refractivity contribution in [2.75, 3.05) is 10.6 Å². The number of benzene rings is 2. The molecule has 0 spiro atoms. The van der Waals surface area contributed by atoms with Gasteiger partial charge in [-0.05, 0) is 61.5 Å². The van der Waals surface area contributed by atoms with Crippen LogP contribution in [0.15, 0.2) is 66.9 Å². The molecule has 0 aliphatic rings. The Balaban J connectivity index is 1.66. The second kappa shape index (κ2) is 7.80. The summed E-state index contributed by atoms with van der Waals surface area (Å²) in [5.41, 5.74) is 3.12. The monoisotopic (exact) mass is 365 g/mol. The van der Waals surface area contributed by atoms with E-state index >= 15 is 0 Å². The summed E-state index contributed by atoms with van der Waals surface area (Å²) >= 11 is 5.91. The van der Waals surface area contributed by atoms with Crippen LogP contribution >= 0.6 is 11.6 Å². The molecule has 0 bridgehead atoms. The number of carbonyl (C=O) groups excluding carboxylic acids is 2. The Morgan fingerprint density at radius 1 is 0.923 bits per heavy atom. The molecule has 0 radical (unpaired) electrons. The third-order valence-corrected chi connectivity index (χ3v) is 3.89. The highest BCUT2D eigenvalue weighted by molar-refractivity contribution is 6.30. The summed E-state index contributed by atoms with van der Waals surface area (Å²) in [4.78, 5) is 27.7. The largest absolute Gasteiger partial charge is 0.354 e. The molecule has 26 heavy (non-hydrogen) atoms. The highest BCUT2D eigenvalue weighted by Crippen LogP contribution is 2.18. The van der Waals surface area contributed by atoms with Crippen LogP contribution in [0.25, 0.3) is 0 Å². The lowest BCUT2D eigenvalue weighted by Gasteiger charge is -2.08. The molecule has 0 unspecified atom stereocenters. The van der Waals surface area contributed by atoms with Crippen LogP contribution < -0.4 is 10.6 Å². The lowest BCUT2D eigenvalue weighted by molar-refractivity contribution is 0.101. The molecular formula is C20H16ClN3O2. The van der Waals surface area contributed by atoms with Crippen LogP contribution in [-0.2, 0) is 0 Å². The Morgan fingerprint density at radius 3 is 2.27 bits per heavy atom. The van der Waals surface area contributed by atoms with Crippen LogP contribution in [0.4, 0.5) is 17.1 Å². The molecule has 5 nitrogen and oxygen atoms in total. The molecule has 3 aromatic rings. The quantitative estimate of drug-likeness (QED) is 0.628. The van der Waals surface area contributed by atoms with Gasteiger partial charge in [0, 0.05) is 22.0 Å². The van der Waals surface area contributed by atoms with E-state index < -0.39 is 0 Å². The zero-order valence-electron chi connectivity index (χ0n) is 14.0. The number of anilines is 3. The molecule has 0 saturated heterocycles. The van der Waals surface area contributed by atoms with Gasteiger partial charge in [0.2, 0.25) is 0 Å². The van der Waals surface area contributed by atoms with E-state index in [1.54, 1.807) is 54.7 Å². The van der Waals surface area contributed by atoms with Crippen LogP contribution in [0, 0.1) is 0 Å². The maximum atomic E-state index is 12.2. The van der Waals surface area contributed by atoms with Gasteiger partial charge in [-0.1, -0.05) is 17.7 Å². The number of hydrogen-bond acceptors (Lipinski definition) is 4. The summed E-state index contributed by atoms with van der Waals surface area (Å²) in [5.74, 6) is -0.294. The summed E-state index contributed by atoms with van der Waals surface area (Å²) in [6.07, 6.45) is 1.58. The number of halogens is 1. The summed E-state index contributed by atoms with van der Waals surface area (Å²) in [7, 11) is 0. The Kier molecular flexibility index (Phi) is 5.29. The summed E-state index contributed by atoms with van der Waals surface area (Å²) < 4.78 is 0. The van der Waals surface area contributed by atoms with Crippen LogP contribution in [0.1, 0.15) is 27.8 Å². The lowest BCUT2D eigenvalue weighted by atomic mass is 10.1. The Bertz CT molecular complexity index is 938. The molecule has 0 atom stereocenters. The molecule has 6 heteroatoms. The number of pyridine rings is 1. The predicted octanol–water partition coefficient (Wildman–Crippen LogP) is 4.93. The van der Waals surface area contributed by atoms with Crippen LogP contribution in [0.2, 0.25) is 5.02 Å². The van der Waals surface area contributed by atoms with Crippen molar-refractivity contribution < 1.29 is 9.59 Å². The molecule has 2 N–H and O–H groups in total. The fourth-order valence-electron chi connectivity index (χ4n) is 2.32. The average molecular weight is 366 g/mol. The Morgan fingerprint density at radius 2 is 1.65 bits per heavy atom. The molecular weight excluding hydrogens is 350 g/mol. The van der Waals surface area contributed by atoms with Crippen LogP contribution in [0.3, 0.4) is 0 Å². The first-order chi connectivity index (χ1) is 12.5. The Hall–Kier alpha value is -3.18. The third-order valence-electron chi connectivity index (χ3n) is 3.66. The maximum absolute atomic E-state index is 12.2. The van der Waals surface area contributed by atoms with E-state index in [2.05, 4.69) is 15.6 Å². The van der Waals surface area contributed by atoms with Gasteiger partial charge in [0.05, 0.1) is 11.9 Å². The van der Waals surface area contributed by atoms with Crippen molar-refractivity contribution >= 4 is 40.4 Å². The van der Waals surface area contributed by atoms with Gasteiger partial charge in [0.1, 0.15) is 5.69 Å². The number of carbonyl (C=O) groups is 2. The first kappa shape index (κ1) is 17.6. The highest BCUT2D eigenvalue weighted by Gasteiger charge is 2.08. The molecule has 0 aliphatic heterocycles. The number of aromatic nitrogens is 1. The molecule has 0 saturated carbocycles. The van der Waals surface area contributed by atoms with E-state index in [1.807, 2.05) is 12.1 Å². The molecule has 2 aromatic carbocycles. The first-order valence-electron chi connectivity index (χ1n) is 7.92. The number of Topliss-reactive ketones (excluding diaryl/α,β-unsaturated/α-hetero) is 1. The van der Waals surface area contributed by atoms with Gasteiger partial charge in [-0.3, -0.25) is 9.59 Å². The van der Waals surface area contributed by atoms with E-state index in [0.717, 1.165) is 11.4 Å². The summed E-state index contributed by atoms with van der Waals surface area (Å²) in [5, 5.41) is 6.46. The number of hydrogen-bond donors (Lipinski definition) is 2. The summed E-state index contributed by atoms with van der Waals surface area (Å²) in [6, 6.07) is 17.5. The zero-order valence-corrected chi connectivity index (χ0v) is 14.7. The minimum Gasteiger partial charge on any atom is -0.354 e. The van der Waals surface area contributed by atoms with Gasteiger partial charge in [0.25, 0.3) is 5.91 Å². The average Bonchev–Trinajstić information content (AvgIpc) is 2.63. The van der Waals surface area contributed by atoms with Crippen molar-refractivity contribution in [2.45, 2.75) is 6.92 Å². The van der Waals surface area contributed by atoms with E-state index in [9.17, 15) is 9.59 Å². The van der Waals surface area contributed by atoms with Crippen molar-refractivity contribution in [1.29, 1.82) is 0 Å².